The van der Waals surface area contributed by atoms with Crippen LogP contribution in [0.4, 0.5) is 0 Å². The first-order valence-corrected chi connectivity index (χ1v) is 44.4. The summed E-state index contributed by atoms with van der Waals surface area (Å²) in [6.07, 6.45) is 20.2. The van der Waals surface area contributed by atoms with E-state index in [1.165, 1.54) is 104 Å². The molecule has 136 heavy (non-hydrogen) atoms. The minimum absolute atomic E-state index is 0. The van der Waals surface area contributed by atoms with E-state index in [2.05, 4.69) is 263 Å². The molecular formula is C124H102Ir4N8-8. The van der Waals surface area contributed by atoms with Crippen molar-refractivity contribution < 1.29 is 80.4 Å². The van der Waals surface area contributed by atoms with E-state index in [0.29, 0.717) is 0 Å². The maximum Gasteiger partial charge on any atom is 0.0239 e. The van der Waals surface area contributed by atoms with E-state index < -0.39 is 0 Å². The van der Waals surface area contributed by atoms with Gasteiger partial charge in [-0.3, -0.25) is 0 Å². The predicted molar refractivity (Wildman–Crippen MR) is 544 cm³/mol. The molecule has 8 heterocycles. The molecule has 0 N–H and O–H groups in total. The summed E-state index contributed by atoms with van der Waals surface area (Å²) >= 11 is 0. The fraction of sp³-hybridized carbons (Fsp3) is 0.0968. The summed E-state index contributed by atoms with van der Waals surface area (Å²) in [5.41, 5.74) is 38.6. The fourth-order valence-corrected chi connectivity index (χ4v) is 14.5. The van der Waals surface area contributed by atoms with Crippen molar-refractivity contribution in [2.45, 2.75) is 81.1 Å². The normalized spacial score (nSPS) is 10.4. The van der Waals surface area contributed by atoms with Crippen LogP contribution in [0.25, 0.3) is 135 Å². The Morgan fingerprint density at radius 3 is 0.787 bits per heavy atom. The molecule has 20 aromatic rings. The van der Waals surface area contributed by atoms with Crippen LogP contribution in [-0.2, 0) is 93.3 Å². The van der Waals surface area contributed by atoms with Gasteiger partial charge >= 0.3 is 0 Å². The molecule has 8 nitrogen and oxygen atoms in total. The van der Waals surface area contributed by atoms with Gasteiger partial charge < -0.3 is 39.9 Å². The van der Waals surface area contributed by atoms with Crippen LogP contribution in [0.3, 0.4) is 0 Å². The van der Waals surface area contributed by atoms with E-state index in [9.17, 15) is 0 Å². The molecule has 0 unspecified atom stereocenters. The van der Waals surface area contributed by atoms with Gasteiger partial charge in [-0.15, -0.1) is 287 Å². The van der Waals surface area contributed by atoms with Crippen molar-refractivity contribution in [1.29, 1.82) is 0 Å². The van der Waals surface area contributed by atoms with E-state index in [4.69, 9.17) is 0 Å². The first-order chi connectivity index (χ1) is 64.8. The number of hydrogen-bond acceptors (Lipinski definition) is 8. The third-order valence-electron chi connectivity index (χ3n) is 22.0. The summed E-state index contributed by atoms with van der Waals surface area (Å²) in [7, 11) is 0. The van der Waals surface area contributed by atoms with Crippen molar-refractivity contribution in [2.24, 2.45) is 0 Å². The van der Waals surface area contributed by atoms with Gasteiger partial charge in [0.1, 0.15) is 0 Å². The zero-order valence-corrected chi connectivity index (χ0v) is 86.7. The van der Waals surface area contributed by atoms with Gasteiger partial charge in [0, 0.05) is 130 Å². The van der Waals surface area contributed by atoms with Gasteiger partial charge in [0.15, 0.2) is 0 Å². The minimum Gasteiger partial charge on any atom is -0.304 e. The second kappa shape index (κ2) is 55.3. The van der Waals surface area contributed by atoms with E-state index in [-0.39, 0.29) is 80.4 Å². The monoisotopic (exact) mass is 2470 g/mol. The maximum absolute atomic E-state index is 4.58. The third-order valence-corrected chi connectivity index (χ3v) is 22.0. The Bertz CT molecular complexity index is 6560. The summed E-state index contributed by atoms with van der Waals surface area (Å²) < 4.78 is 0. The Morgan fingerprint density at radius 2 is 0.478 bits per heavy atom. The van der Waals surface area contributed by atoms with E-state index in [1.807, 2.05) is 307 Å². The number of aryl methyl sites for hydroxylation is 8. The molecule has 12 heteroatoms. The SMILES string of the molecule is Cc1cc(-c2ccc(-c3[c-]cccc3)nc2)cc(C)c1C.Cc1ccc(-c2[c-]cccc2)nc1.Cc1ccc(-c2[c-]cccc2)nc1.Cc1ccc(-c2[c-]cccc2)nc1.Cc1ccc(-c2ccc(-c3[c-]cccc3)nc2)cc1.Cc1cccc(-c2ccc(-c3[c-]cccc3)nc2)c1.[Ir].[Ir].[Ir].[Ir].[c-]1ccccc1-c1ccc(-c2ccccc2)cn1.[c-]1ccccc1-c1nccc2c1CCCC2. The first-order valence-electron chi connectivity index (χ1n) is 44.4. The van der Waals surface area contributed by atoms with E-state index in [1.54, 1.807) is 0 Å². The number of pyridine rings is 8. The molecule has 0 fully saturated rings. The molecule has 682 valence electrons. The smallest absolute Gasteiger partial charge is 0.0239 e. The summed E-state index contributed by atoms with van der Waals surface area (Å²) in [6.45, 7) is 16.8. The number of benzene rings is 12. The molecule has 21 rings (SSSR count). The zero-order valence-electron chi connectivity index (χ0n) is 77.2. The summed E-state index contributed by atoms with van der Waals surface area (Å²) in [4.78, 5) is 35.6. The third kappa shape index (κ3) is 31.5. The number of hydrogen-bond donors (Lipinski definition) is 0. The summed E-state index contributed by atoms with van der Waals surface area (Å²) in [6, 6.07) is 151. The summed E-state index contributed by atoms with van der Waals surface area (Å²) in [5.74, 6) is 0. The molecule has 0 saturated carbocycles. The number of rotatable bonds is 12. The van der Waals surface area contributed by atoms with Gasteiger partial charge in [-0.05, 0) is 211 Å². The molecule has 12 aromatic carbocycles. The Balaban J connectivity index is 0.000000161. The van der Waals surface area contributed by atoms with Crippen molar-refractivity contribution in [1.82, 2.24) is 39.9 Å². The standard InChI is InChI=1S/C20H18N.2C18H14N.C17H12N.C15H14N.3C12H10N.4Ir/c1-14-11-19(12-15(2)16(14)3)18-9-10-20(21-13-18)17-7-5-4-6-8-17;1-14-6-5-9-16(12-14)17-10-11-18(19-13-17)15-7-3-2-4-8-15;1-14-7-9-15(10-8-14)17-11-12-18(19-13-17)16-5-3-2-4-6-16;1-3-7-14(8-4-1)16-11-12-17(18-13-16)15-9-5-2-6-10-15;1-2-7-13(8-3-1)15-14-9-5-4-6-12(14)10-11-16-15;3*1-10-7-8-12(13-9-10)11-5-3-2-4-6-11;;;;/h4-7,9-13H,1-3H3;2-7,9-13H,1H3;2-5,7-13H,1H3;1-9,11-13H;1-3,7,10-11H,4-6,9H2;3*2-5,7-9H,1H3;;;;/q8*-1;;;;. The molecule has 8 aromatic heterocycles. The van der Waals surface area contributed by atoms with E-state index >= 15 is 0 Å². The van der Waals surface area contributed by atoms with Crippen LogP contribution < -0.4 is 0 Å². The number of aromatic nitrogens is 8. The summed E-state index contributed by atoms with van der Waals surface area (Å²) in [5, 5.41) is 0. The molecule has 0 spiro atoms. The Labute approximate surface area is 858 Å². The van der Waals surface area contributed by atoms with Gasteiger partial charge in [-0.2, -0.15) is 0 Å². The fourth-order valence-electron chi connectivity index (χ4n) is 14.5. The van der Waals surface area contributed by atoms with Crippen LogP contribution in [0.15, 0.2) is 426 Å². The van der Waals surface area contributed by atoms with Gasteiger partial charge in [0.05, 0.1) is 0 Å². The minimum atomic E-state index is 0. The Kier molecular flexibility index (Phi) is 42.5. The molecule has 4 radical (unpaired) electrons. The maximum atomic E-state index is 4.58. The first kappa shape index (κ1) is 105. The Hall–Kier alpha value is -13.6. The molecule has 0 aliphatic heterocycles. The van der Waals surface area contributed by atoms with E-state index in [0.717, 1.165) is 112 Å². The van der Waals surface area contributed by atoms with Crippen molar-refractivity contribution in [3.05, 3.63) is 530 Å². The molecule has 1 aliphatic carbocycles. The number of fused-ring (bicyclic) bond motifs is 1. The van der Waals surface area contributed by atoms with Crippen LogP contribution in [0.2, 0.25) is 0 Å². The predicted octanol–water partition coefficient (Wildman–Crippen LogP) is 30.4. The second-order valence-electron chi connectivity index (χ2n) is 31.9. The average Bonchev–Trinajstić information content (AvgIpc) is 0.804. The van der Waals surface area contributed by atoms with Crippen LogP contribution in [-0.4, -0.2) is 39.9 Å². The van der Waals surface area contributed by atoms with Gasteiger partial charge in [0.2, 0.25) is 0 Å². The molecular weight excluding hydrogens is 2370 g/mol. The van der Waals surface area contributed by atoms with Crippen LogP contribution in [0, 0.1) is 104 Å². The van der Waals surface area contributed by atoms with Crippen LogP contribution in [0.5, 0.6) is 0 Å². The van der Waals surface area contributed by atoms with Gasteiger partial charge in [0.25, 0.3) is 0 Å². The average molecular weight is 2470 g/mol. The van der Waals surface area contributed by atoms with Gasteiger partial charge in [-0.1, -0.05) is 198 Å². The molecule has 0 bridgehead atoms. The van der Waals surface area contributed by atoms with Crippen molar-refractivity contribution in [3.8, 4) is 135 Å². The molecule has 0 amide bonds. The quantitative estimate of drug-likeness (QED) is 0.111. The van der Waals surface area contributed by atoms with Crippen molar-refractivity contribution in [3.63, 3.8) is 0 Å². The zero-order chi connectivity index (χ0) is 91.3. The van der Waals surface area contributed by atoms with Crippen LogP contribution in [0.1, 0.15) is 68.5 Å². The van der Waals surface area contributed by atoms with Crippen molar-refractivity contribution in [2.75, 3.05) is 0 Å². The topological polar surface area (TPSA) is 103 Å². The van der Waals surface area contributed by atoms with Crippen molar-refractivity contribution >= 4 is 0 Å². The van der Waals surface area contributed by atoms with Gasteiger partial charge in [-0.25, -0.2) is 0 Å². The molecule has 0 saturated heterocycles. The van der Waals surface area contributed by atoms with Crippen LogP contribution >= 0.6 is 0 Å². The molecule has 0 atom stereocenters. The molecule has 1 aliphatic rings. The largest absolute Gasteiger partial charge is 0.304 e. The second-order valence-corrected chi connectivity index (χ2v) is 31.9. The number of nitrogens with zero attached hydrogens (tertiary/aromatic N) is 8. The Morgan fingerprint density at radius 1 is 0.199 bits per heavy atom.